The SMILES string of the molecule is C/C(=C1/N=Cc2ccccc21)c1[nH]cc2ccccc12.CC.CC. The van der Waals surface area contributed by atoms with Gasteiger partial charge in [0.2, 0.25) is 0 Å². The van der Waals surface area contributed by atoms with Crippen molar-refractivity contribution in [3.05, 3.63) is 71.5 Å². The number of aromatic nitrogens is 1. The third-order valence-electron chi connectivity index (χ3n) is 3.88. The maximum Gasteiger partial charge on any atom is 0.0758 e. The zero-order chi connectivity index (χ0) is 17.5. The Kier molecular flexibility index (Phi) is 6.14. The minimum Gasteiger partial charge on any atom is -0.360 e. The van der Waals surface area contributed by atoms with Crippen LogP contribution in [0.1, 0.15) is 51.4 Å². The summed E-state index contributed by atoms with van der Waals surface area (Å²) >= 11 is 0. The first-order chi connectivity index (χ1) is 11.8. The molecule has 0 aliphatic carbocycles. The lowest BCUT2D eigenvalue weighted by molar-refractivity contribution is 1.35. The van der Waals surface area contributed by atoms with Crippen molar-refractivity contribution < 1.29 is 0 Å². The molecule has 0 atom stereocenters. The fraction of sp³-hybridized carbons (Fsp3) is 0.227. The van der Waals surface area contributed by atoms with Crippen molar-refractivity contribution in [2.75, 3.05) is 0 Å². The molecule has 4 rings (SSSR count). The Morgan fingerprint density at radius 1 is 0.875 bits per heavy atom. The van der Waals surface area contributed by atoms with E-state index in [4.69, 9.17) is 0 Å². The number of fused-ring (bicyclic) bond motifs is 2. The monoisotopic (exact) mass is 318 g/mol. The molecular formula is C22H26N2. The normalized spacial score (nSPS) is 13.5. The van der Waals surface area contributed by atoms with Crippen LogP contribution in [0.5, 0.6) is 0 Å². The van der Waals surface area contributed by atoms with Crippen molar-refractivity contribution in [1.82, 2.24) is 4.98 Å². The summed E-state index contributed by atoms with van der Waals surface area (Å²) in [7, 11) is 0. The molecular weight excluding hydrogens is 292 g/mol. The first kappa shape index (κ1) is 17.7. The first-order valence-corrected chi connectivity index (χ1v) is 8.75. The highest BCUT2D eigenvalue weighted by Gasteiger charge is 2.16. The van der Waals surface area contributed by atoms with Gasteiger partial charge in [-0.05, 0) is 17.9 Å². The average molecular weight is 318 g/mol. The Bertz CT molecular complexity index is 866. The number of benzene rings is 2. The summed E-state index contributed by atoms with van der Waals surface area (Å²) in [5.41, 5.74) is 5.81. The quantitative estimate of drug-likeness (QED) is 0.527. The molecule has 2 aromatic carbocycles. The lowest BCUT2D eigenvalue weighted by Crippen LogP contribution is -1.87. The fourth-order valence-corrected chi connectivity index (χ4v) is 2.83. The zero-order valence-electron chi connectivity index (χ0n) is 15.2. The molecule has 1 N–H and O–H groups in total. The van der Waals surface area contributed by atoms with E-state index in [0.717, 1.165) is 11.4 Å². The summed E-state index contributed by atoms with van der Waals surface area (Å²) < 4.78 is 0. The van der Waals surface area contributed by atoms with Gasteiger partial charge in [-0.15, -0.1) is 0 Å². The second-order valence-corrected chi connectivity index (χ2v) is 5.07. The van der Waals surface area contributed by atoms with E-state index in [1.807, 2.05) is 40.0 Å². The number of nitrogens with zero attached hydrogens (tertiary/aromatic N) is 1. The number of aromatic amines is 1. The van der Waals surface area contributed by atoms with Gasteiger partial charge >= 0.3 is 0 Å². The Labute approximate surface area is 145 Å². The highest BCUT2D eigenvalue weighted by Crippen LogP contribution is 2.34. The van der Waals surface area contributed by atoms with Crippen LogP contribution in [0, 0.1) is 0 Å². The minimum absolute atomic E-state index is 1.06. The van der Waals surface area contributed by atoms with Crippen molar-refractivity contribution in [3.8, 4) is 0 Å². The molecule has 2 heterocycles. The van der Waals surface area contributed by atoms with E-state index in [9.17, 15) is 0 Å². The van der Waals surface area contributed by atoms with Crippen LogP contribution in [0.3, 0.4) is 0 Å². The average Bonchev–Trinajstić information content (AvgIpc) is 3.29. The van der Waals surface area contributed by atoms with Crippen LogP contribution in [-0.2, 0) is 0 Å². The van der Waals surface area contributed by atoms with Crippen molar-refractivity contribution in [3.63, 3.8) is 0 Å². The number of aliphatic imine (C=N–C) groups is 1. The molecule has 3 aromatic rings. The smallest absolute Gasteiger partial charge is 0.0758 e. The van der Waals surface area contributed by atoms with Crippen molar-refractivity contribution in [1.29, 1.82) is 0 Å². The Hall–Kier alpha value is -2.61. The summed E-state index contributed by atoms with van der Waals surface area (Å²) in [6.07, 6.45) is 4.00. The molecule has 2 nitrogen and oxygen atoms in total. The van der Waals surface area contributed by atoms with E-state index in [-0.39, 0.29) is 0 Å². The Morgan fingerprint density at radius 3 is 2.33 bits per heavy atom. The standard InChI is InChI=1S/C18H14N2.2C2H6/c1-12(17-15-8-4-2-6-13(15)10-19-17)18-16-9-5-3-7-14(16)11-20-18;2*1-2/h2-11,19H,1H3;2*1-2H3/b18-12-;;. The molecule has 0 spiro atoms. The third-order valence-corrected chi connectivity index (χ3v) is 3.88. The number of H-pyrrole nitrogens is 1. The van der Waals surface area contributed by atoms with Gasteiger partial charge in [0.1, 0.15) is 0 Å². The molecule has 0 bridgehead atoms. The van der Waals surface area contributed by atoms with E-state index in [1.54, 1.807) is 0 Å². The third kappa shape index (κ3) is 3.18. The van der Waals surface area contributed by atoms with Crippen LogP contribution in [0.15, 0.2) is 59.7 Å². The minimum atomic E-state index is 1.06. The van der Waals surface area contributed by atoms with Gasteiger partial charge in [-0.2, -0.15) is 0 Å². The van der Waals surface area contributed by atoms with Gasteiger partial charge in [-0.3, -0.25) is 4.99 Å². The van der Waals surface area contributed by atoms with E-state index < -0.39 is 0 Å². The van der Waals surface area contributed by atoms with Crippen LogP contribution in [0.25, 0.3) is 22.0 Å². The topological polar surface area (TPSA) is 28.1 Å². The summed E-state index contributed by atoms with van der Waals surface area (Å²) in [5.74, 6) is 0. The summed E-state index contributed by atoms with van der Waals surface area (Å²) in [5, 5.41) is 2.48. The number of hydrogen-bond donors (Lipinski definition) is 1. The van der Waals surface area contributed by atoms with E-state index in [0.29, 0.717) is 0 Å². The number of nitrogens with one attached hydrogen (secondary N) is 1. The largest absolute Gasteiger partial charge is 0.360 e. The second kappa shape index (κ2) is 8.30. The van der Waals surface area contributed by atoms with Gasteiger partial charge in [0.05, 0.1) is 11.4 Å². The first-order valence-electron chi connectivity index (χ1n) is 8.75. The van der Waals surface area contributed by atoms with E-state index >= 15 is 0 Å². The maximum absolute atomic E-state index is 4.60. The Morgan fingerprint density at radius 2 is 1.54 bits per heavy atom. The predicted molar refractivity (Wildman–Crippen MR) is 108 cm³/mol. The molecule has 0 fully saturated rings. The van der Waals surface area contributed by atoms with Crippen LogP contribution in [0.2, 0.25) is 0 Å². The van der Waals surface area contributed by atoms with Crippen LogP contribution >= 0.6 is 0 Å². The molecule has 0 saturated heterocycles. The van der Waals surface area contributed by atoms with E-state index in [1.165, 1.54) is 27.5 Å². The van der Waals surface area contributed by atoms with Crippen LogP contribution in [-0.4, -0.2) is 11.2 Å². The summed E-state index contributed by atoms with van der Waals surface area (Å²) in [6, 6.07) is 16.8. The second-order valence-electron chi connectivity index (χ2n) is 5.07. The molecule has 0 unspecified atom stereocenters. The van der Waals surface area contributed by atoms with Gasteiger partial charge in [0, 0.05) is 28.9 Å². The Balaban J connectivity index is 0.000000487. The van der Waals surface area contributed by atoms with Gasteiger partial charge < -0.3 is 4.98 Å². The summed E-state index contributed by atoms with van der Waals surface area (Å²) in [4.78, 5) is 7.99. The van der Waals surface area contributed by atoms with Gasteiger partial charge in [0.25, 0.3) is 0 Å². The number of hydrogen-bond acceptors (Lipinski definition) is 1. The predicted octanol–water partition coefficient (Wildman–Crippen LogP) is 6.54. The summed E-state index contributed by atoms with van der Waals surface area (Å²) in [6.45, 7) is 10.1. The van der Waals surface area contributed by atoms with Crippen molar-refractivity contribution in [2.45, 2.75) is 34.6 Å². The molecule has 1 aromatic heterocycles. The zero-order valence-corrected chi connectivity index (χ0v) is 15.2. The molecule has 0 amide bonds. The number of rotatable bonds is 1. The lowest BCUT2D eigenvalue weighted by atomic mass is 10.0. The number of allylic oxidation sites excluding steroid dienone is 1. The van der Waals surface area contributed by atoms with Gasteiger partial charge in [0.15, 0.2) is 0 Å². The lowest BCUT2D eigenvalue weighted by Gasteiger charge is -2.05. The molecule has 0 saturated carbocycles. The molecule has 1 aliphatic heterocycles. The fourth-order valence-electron chi connectivity index (χ4n) is 2.83. The maximum atomic E-state index is 4.60. The van der Waals surface area contributed by atoms with Crippen molar-refractivity contribution >= 4 is 28.3 Å². The molecule has 124 valence electrons. The van der Waals surface area contributed by atoms with Crippen LogP contribution in [0.4, 0.5) is 0 Å². The van der Waals surface area contributed by atoms with Crippen LogP contribution < -0.4 is 0 Å². The molecule has 2 heteroatoms. The molecule has 0 radical (unpaired) electrons. The van der Waals surface area contributed by atoms with Gasteiger partial charge in [-0.1, -0.05) is 76.2 Å². The van der Waals surface area contributed by atoms with Gasteiger partial charge in [-0.25, -0.2) is 0 Å². The van der Waals surface area contributed by atoms with Crippen molar-refractivity contribution in [2.24, 2.45) is 4.99 Å². The molecule has 1 aliphatic rings. The van der Waals surface area contributed by atoms with E-state index in [2.05, 4.69) is 65.6 Å². The highest BCUT2D eigenvalue weighted by atomic mass is 14.8. The highest BCUT2D eigenvalue weighted by molar-refractivity contribution is 6.07. The molecule has 24 heavy (non-hydrogen) atoms.